The zero-order valence-corrected chi connectivity index (χ0v) is 8.64. The topological polar surface area (TPSA) is 52.0 Å². The molecule has 66 valence electrons. The van der Waals surface area contributed by atoms with Crippen molar-refractivity contribution in [1.29, 1.82) is 0 Å². The molecule has 0 amide bonds. The van der Waals surface area contributed by atoms with Crippen LogP contribution in [0.1, 0.15) is 17.2 Å². The predicted octanol–water partition coefficient (Wildman–Crippen LogP) is 1.72. The highest BCUT2D eigenvalue weighted by molar-refractivity contribution is 9.10. The zero-order chi connectivity index (χ0) is 9.14. The van der Waals surface area contributed by atoms with Crippen molar-refractivity contribution in [3.8, 4) is 0 Å². The average molecular weight is 229 g/mol. The number of benzene rings is 1. The van der Waals surface area contributed by atoms with E-state index >= 15 is 0 Å². The van der Waals surface area contributed by atoms with Gasteiger partial charge in [0.25, 0.3) is 0 Å². The van der Waals surface area contributed by atoms with Gasteiger partial charge in [-0.05, 0) is 24.1 Å². The molecule has 0 spiro atoms. The van der Waals surface area contributed by atoms with Gasteiger partial charge >= 0.3 is 0 Å². The Morgan fingerprint density at radius 2 is 2.17 bits per heavy atom. The summed E-state index contributed by atoms with van der Waals surface area (Å²) in [6, 6.07) is 5.93. The van der Waals surface area contributed by atoms with Gasteiger partial charge in [0.2, 0.25) is 0 Å². The van der Waals surface area contributed by atoms with Gasteiger partial charge in [-0.1, -0.05) is 28.1 Å². The molecule has 0 aliphatic carbocycles. The van der Waals surface area contributed by atoms with E-state index in [4.69, 9.17) is 11.5 Å². The fraction of sp³-hybridized carbons (Fsp3) is 0.333. The summed E-state index contributed by atoms with van der Waals surface area (Å²) in [4.78, 5) is 0. The van der Waals surface area contributed by atoms with Gasteiger partial charge < -0.3 is 11.5 Å². The SMILES string of the molecule is Cc1c(Br)cccc1[C@@H](N)CN. The normalized spacial score (nSPS) is 13.0. The molecule has 1 aromatic carbocycles. The van der Waals surface area contributed by atoms with E-state index in [1.54, 1.807) is 0 Å². The Labute approximate surface area is 81.1 Å². The molecule has 1 rings (SSSR count). The Kier molecular flexibility index (Phi) is 3.26. The third-order valence-electron chi connectivity index (χ3n) is 1.96. The van der Waals surface area contributed by atoms with Crippen molar-refractivity contribution in [1.82, 2.24) is 0 Å². The standard InChI is InChI=1S/C9H13BrN2/c1-6-7(9(12)5-11)3-2-4-8(6)10/h2-4,9H,5,11-12H2,1H3/t9-/m0/s1. The lowest BCUT2D eigenvalue weighted by Crippen LogP contribution is -2.21. The summed E-state index contributed by atoms with van der Waals surface area (Å²) >= 11 is 3.45. The van der Waals surface area contributed by atoms with E-state index in [0.717, 1.165) is 10.0 Å². The van der Waals surface area contributed by atoms with Crippen LogP contribution >= 0.6 is 15.9 Å². The molecular weight excluding hydrogens is 216 g/mol. The van der Waals surface area contributed by atoms with Gasteiger partial charge in [-0.15, -0.1) is 0 Å². The molecule has 0 aromatic heterocycles. The molecule has 0 aliphatic heterocycles. The highest BCUT2D eigenvalue weighted by atomic mass is 79.9. The largest absolute Gasteiger partial charge is 0.329 e. The highest BCUT2D eigenvalue weighted by Gasteiger charge is 2.07. The smallest absolute Gasteiger partial charge is 0.0422 e. The van der Waals surface area contributed by atoms with Gasteiger partial charge in [-0.25, -0.2) is 0 Å². The van der Waals surface area contributed by atoms with Gasteiger partial charge in [0, 0.05) is 17.1 Å². The Morgan fingerprint density at radius 1 is 1.50 bits per heavy atom. The third-order valence-corrected chi connectivity index (χ3v) is 2.82. The van der Waals surface area contributed by atoms with E-state index in [-0.39, 0.29) is 6.04 Å². The van der Waals surface area contributed by atoms with Crippen LogP contribution in [0.5, 0.6) is 0 Å². The number of hydrogen-bond donors (Lipinski definition) is 2. The van der Waals surface area contributed by atoms with E-state index in [0.29, 0.717) is 6.54 Å². The van der Waals surface area contributed by atoms with Crippen molar-refractivity contribution in [3.05, 3.63) is 33.8 Å². The zero-order valence-electron chi connectivity index (χ0n) is 7.05. The Morgan fingerprint density at radius 3 is 2.75 bits per heavy atom. The first kappa shape index (κ1) is 9.71. The van der Waals surface area contributed by atoms with Crippen LogP contribution < -0.4 is 11.5 Å². The molecule has 0 unspecified atom stereocenters. The Hall–Kier alpha value is -0.380. The molecular formula is C9H13BrN2. The maximum atomic E-state index is 5.82. The fourth-order valence-electron chi connectivity index (χ4n) is 1.15. The second-order valence-corrected chi connectivity index (χ2v) is 3.65. The maximum absolute atomic E-state index is 5.82. The number of nitrogens with two attached hydrogens (primary N) is 2. The number of halogens is 1. The lowest BCUT2D eigenvalue weighted by molar-refractivity contribution is 0.731. The molecule has 0 heterocycles. The minimum atomic E-state index is -0.0532. The van der Waals surface area contributed by atoms with Crippen molar-refractivity contribution in [2.45, 2.75) is 13.0 Å². The molecule has 0 radical (unpaired) electrons. The number of rotatable bonds is 2. The fourth-order valence-corrected chi connectivity index (χ4v) is 1.53. The highest BCUT2D eigenvalue weighted by Crippen LogP contribution is 2.22. The summed E-state index contributed by atoms with van der Waals surface area (Å²) < 4.78 is 1.09. The summed E-state index contributed by atoms with van der Waals surface area (Å²) in [5, 5.41) is 0. The minimum absolute atomic E-state index is 0.0532. The van der Waals surface area contributed by atoms with Crippen molar-refractivity contribution < 1.29 is 0 Å². The molecule has 1 aromatic rings. The van der Waals surface area contributed by atoms with Crippen LogP contribution in [0.3, 0.4) is 0 Å². The van der Waals surface area contributed by atoms with Crippen LogP contribution in [-0.2, 0) is 0 Å². The van der Waals surface area contributed by atoms with E-state index < -0.39 is 0 Å². The van der Waals surface area contributed by atoms with Gasteiger partial charge in [0.05, 0.1) is 0 Å². The van der Waals surface area contributed by atoms with Crippen LogP contribution in [0.25, 0.3) is 0 Å². The second-order valence-electron chi connectivity index (χ2n) is 2.80. The first-order valence-electron chi connectivity index (χ1n) is 3.87. The van der Waals surface area contributed by atoms with E-state index in [1.165, 1.54) is 5.56 Å². The molecule has 1 atom stereocenters. The van der Waals surface area contributed by atoms with Crippen LogP contribution in [0.4, 0.5) is 0 Å². The molecule has 0 saturated heterocycles. The van der Waals surface area contributed by atoms with Crippen LogP contribution in [-0.4, -0.2) is 6.54 Å². The molecule has 3 heteroatoms. The number of hydrogen-bond acceptors (Lipinski definition) is 2. The van der Waals surface area contributed by atoms with Crippen LogP contribution in [0, 0.1) is 6.92 Å². The Bertz CT molecular complexity index is 273. The first-order chi connectivity index (χ1) is 5.66. The van der Waals surface area contributed by atoms with E-state index in [2.05, 4.69) is 15.9 Å². The summed E-state index contributed by atoms with van der Waals surface area (Å²) in [6.45, 7) is 2.52. The second kappa shape index (κ2) is 4.03. The molecule has 0 fully saturated rings. The van der Waals surface area contributed by atoms with Crippen molar-refractivity contribution in [3.63, 3.8) is 0 Å². The van der Waals surface area contributed by atoms with Gasteiger partial charge in [-0.2, -0.15) is 0 Å². The molecule has 0 aliphatic rings. The van der Waals surface area contributed by atoms with E-state index in [9.17, 15) is 0 Å². The van der Waals surface area contributed by atoms with Crippen LogP contribution in [0.2, 0.25) is 0 Å². The van der Waals surface area contributed by atoms with E-state index in [1.807, 2.05) is 25.1 Å². The lowest BCUT2D eigenvalue weighted by Gasteiger charge is -2.13. The quantitative estimate of drug-likeness (QED) is 0.811. The summed E-state index contributed by atoms with van der Waals surface area (Å²) in [6.07, 6.45) is 0. The summed E-state index contributed by atoms with van der Waals surface area (Å²) in [5.41, 5.74) is 13.6. The molecule has 12 heavy (non-hydrogen) atoms. The monoisotopic (exact) mass is 228 g/mol. The molecule has 4 N–H and O–H groups in total. The van der Waals surface area contributed by atoms with Crippen molar-refractivity contribution in [2.75, 3.05) is 6.54 Å². The van der Waals surface area contributed by atoms with Gasteiger partial charge in [-0.3, -0.25) is 0 Å². The van der Waals surface area contributed by atoms with Crippen LogP contribution in [0.15, 0.2) is 22.7 Å². The minimum Gasteiger partial charge on any atom is -0.329 e. The van der Waals surface area contributed by atoms with Gasteiger partial charge in [0.1, 0.15) is 0 Å². The van der Waals surface area contributed by atoms with Crippen molar-refractivity contribution >= 4 is 15.9 Å². The summed E-state index contributed by atoms with van der Waals surface area (Å²) in [7, 11) is 0. The first-order valence-corrected chi connectivity index (χ1v) is 4.66. The maximum Gasteiger partial charge on any atom is 0.0422 e. The van der Waals surface area contributed by atoms with Gasteiger partial charge in [0.15, 0.2) is 0 Å². The van der Waals surface area contributed by atoms with Crippen molar-refractivity contribution in [2.24, 2.45) is 11.5 Å². The average Bonchev–Trinajstić information content (AvgIpc) is 2.08. The Balaban J connectivity index is 3.07. The molecule has 0 saturated carbocycles. The third kappa shape index (κ3) is 1.86. The summed E-state index contributed by atoms with van der Waals surface area (Å²) in [5.74, 6) is 0. The molecule has 0 bridgehead atoms. The molecule has 2 nitrogen and oxygen atoms in total. The lowest BCUT2D eigenvalue weighted by atomic mass is 10.0. The predicted molar refractivity (Wildman–Crippen MR) is 54.9 cm³/mol.